The zero-order chi connectivity index (χ0) is 18.7. The van der Waals surface area contributed by atoms with Crippen molar-refractivity contribution in [1.29, 1.82) is 0 Å². The molecular formula is C19H17ClN2O3S. The van der Waals surface area contributed by atoms with E-state index in [1.807, 2.05) is 36.4 Å². The van der Waals surface area contributed by atoms with Gasteiger partial charge in [0.15, 0.2) is 0 Å². The molecule has 26 heavy (non-hydrogen) atoms. The highest BCUT2D eigenvalue weighted by Gasteiger charge is 2.17. The lowest BCUT2D eigenvalue weighted by Crippen LogP contribution is -2.18. The van der Waals surface area contributed by atoms with Crippen molar-refractivity contribution in [3.63, 3.8) is 0 Å². The number of rotatable bonds is 5. The van der Waals surface area contributed by atoms with Crippen LogP contribution in [-0.2, 0) is 0 Å². The monoisotopic (exact) mass is 388 g/mol. The van der Waals surface area contributed by atoms with E-state index < -0.39 is 0 Å². The van der Waals surface area contributed by atoms with Crippen LogP contribution < -0.4 is 14.9 Å². The van der Waals surface area contributed by atoms with E-state index in [1.54, 1.807) is 27.2 Å². The van der Waals surface area contributed by atoms with E-state index in [0.717, 1.165) is 15.6 Å². The van der Waals surface area contributed by atoms with Crippen LogP contribution in [-0.4, -0.2) is 25.8 Å². The molecule has 0 bridgehead atoms. The number of methoxy groups -OCH3 is 2. The third-order valence-corrected chi connectivity index (χ3v) is 5.54. The van der Waals surface area contributed by atoms with Crippen LogP contribution in [0.3, 0.4) is 0 Å². The predicted octanol–water partition coefficient (Wildman–Crippen LogP) is 4.73. The first-order chi connectivity index (χ1) is 12.5. The van der Waals surface area contributed by atoms with Gasteiger partial charge in [0.05, 0.1) is 25.0 Å². The smallest absolute Gasteiger partial charge is 0.283 e. The van der Waals surface area contributed by atoms with Gasteiger partial charge in [0.25, 0.3) is 5.91 Å². The Hall–Kier alpha value is -2.57. The molecule has 0 aliphatic heterocycles. The second kappa shape index (κ2) is 7.76. The average molecular weight is 389 g/mol. The zero-order valence-corrected chi connectivity index (χ0v) is 16.1. The Kier molecular flexibility index (Phi) is 5.44. The summed E-state index contributed by atoms with van der Waals surface area (Å²) in [6.45, 7) is 1.79. The van der Waals surface area contributed by atoms with Crippen molar-refractivity contribution in [2.24, 2.45) is 5.10 Å². The molecule has 134 valence electrons. The number of ether oxygens (including phenoxy) is 2. The number of hydrogen-bond donors (Lipinski definition) is 1. The molecule has 1 amide bonds. The minimum atomic E-state index is -0.344. The summed E-state index contributed by atoms with van der Waals surface area (Å²) in [5.74, 6) is 0.947. The van der Waals surface area contributed by atoms with Crippen molar-refractivity contribution in [2.45, 2.75) is 6.92 Å². The Morgan fingerprint density at radius 1 is 1.15 bits per heavy atom. The van der Waals surface area contributed by atoms with Gasteiger partial charge < -0.3 is 9.47 Å². The van der Waals surface area contributed by atoms with E-state index >= 15 is 0 Å². The number of nitrogens with one attached hydrogen (secondary N) is 1. The first-order valence-corrected chi connectivity index (χ1v) is 8.98. The normalized spacial score (nSPS) is 11.5. The molecule has 0 aliphatic rings. The van der Waals surface area contributed by atoms with Crippen molar-refractivity contribution < 1.29 is 14.3 Å². The third kappa shape index (κ3) is 3.52. The number of halogens is 1. The minimum absolute atomic E-state index is 0.344. The second-order valence-corrected chi connectivity index (χ2v) is 6.88. The van der Waals surface area contributed by atoms with Crippen molar-refractivity contribution in [3.8, 4) is 11.5 Å². The molecule has 2 aromatic carbocycles. The molecule has 0 atom stereocenters. The van der Waals surface area contributed by atoms with Gasteiger partial charge >= 0.3 is 0 Å². The topological polar surface area (TPSA) is 59.9 Å². The molecule has 0 aliphatic carbocycles. The molecule has 0 unspecified atom stereocenters. The molecule has 0 saturated heterocycles. The quantitative estimate of drug-likeness (QED) is 0.508. The number of carbonyl (C=O) groups excluding carboxylic acids is 1. The van der Waals surface area contributed by atoms with Gasteiger partial charge in [-0.3, -0.25) is 4.79 Å². The molecule has 0 spiro atoms. The number of hydrogen-bond acceptors (Lipinski definition) is 5. The van der Waals surface area contributed by atoms with Crippen molar-refractivity contribution in [2.75, 3.05) is 14.2 Å². The van der Waals surface area contributed by atoms with E-state index in [2.05, 4.69) is 10.5 Å². The lowest BCUT2D eigenvalue weighted by atomic mass is 10.1. The highest BCUT2D eigenvalue weighted by atomic mass is 35.5. The summed E-state index contributed by atoms with van der Waals surface area (Å²) in [5, 5.41) is 5.50. The standard InChI is InChI=1S/C19H17ClN2O3S/c1-11(13-9-8-12(24-2)10-15(13)25-3)21-22-19(23)18-17(20)14-6-4-5-7-16(14)26-18/h4-10H,1-3H3,(H,22,23)/b21-11+. The molecule has 0 saturated carbocycles. The van der Waals surface area contributed by atoms with Crippen molar-refractivity contribution in [3.05, 3.63) is 57.9 Å². The Balaban J connectivity index is 1.84. The second-order valence-electron chi connectivity index (χ2n) is 5.45. The van der Waals surface area contributed by atoms with Crippen LogP contribution in [0.1, 0.15) is 22.2 Å². The van der Waals surface area contributed by atoms with Crippen LogP contribution in [0.25, 0.3) is 10.1 Å². The summed E-state index contributed by atoms with van der Waals surface area (Å²) in [7, 11) is 3.16. The summed E-state index contributed by atoms with van der Waals surface area (Å²) < 4.78 is 11.5. The van der Waals surface area contributed by atoms with Gasteiger partial charge in [-0.2, -0.15) is 5.10 Å². The lowest BCUT2D eigenvalue weighted by molar-refractivity contribution is 0.0959. The van der Waals surface area contributed by atoms with Gasteiger partial charge in [-0.25, -0.2) is 5.43 Å². The van der Waals surface area contributed by atoms with Crippen molar-refractivity contribution in [1.82, 2.24) is 5.43 Å². The number of benzene rings is 2. The summed E-state index contributed by atoms with van der Waals surface area (Å²) in [6, 6.07) is 13.0. The van der Waals surface area contributed by atoms with Crippen LogP contribution >= 0.6 is 22.9 Å². The summed E-state index contributed by atoms with van der Waals surface area (Å²) in [5.41, 5.74) is 3.93. The molecule has 0 fully saturated rings. The fourth-order valence-electron chi connectivity index (χ4n) is 2.50. The summed E-state index contributed by atoms with van der Waals surface area (Å²) in [4.78, 5) is 12.9. The van der Waals surface area contributed by atoms with E-state index in [9.17, 15) is 4.79 Å². The molecule has 1 aromatic heterocycles. The largest absolute Gasteiger partial charge is 0.497 e. The third-order valence-electron chi connectivity index (χ3n) is 3.86. The van der Waals surface area contributed by atoms with Gasteiger partial charge in [0.2, 0.25) is 0 Å². The van der Waals surface area contributed by atoms with Crippen LogP contribution in [0.2, 0.25) is 5.02 Å². The molecule has 3 rings (SSSR count). The number of hydrazone groups is 1. The van der Waals surface area contributed by atoms with Gasteiger partial charge in [-0.15, -0.1) is 11.3 Å². The number of thiophene rings is 1. The van der Waals surface area contributed by atoms with E-state index in [4.69, 9.17) is 21.1 Å². The molecule has 1 heterocycles. The SMILES string of the molecule is COc1ccc(/C(C)=N/NC(=O)c2sc3ccccc3c2Cl)c(OC)c1. The Morgan fingerprint density at radius 3 is 2.62 bits per heavy atom. The van der Waals surface area contributed by atoms with Gasteiger partial charge in [-0.05, 0) is 25.1 Å². The maximum atomic E-state index is 12.5. The van der Waals surface area contributed by atoms with E-state index in [1.165, 1.54) is 11.3 Å². The minimum Gasteiger partial charge on any atom is -0.497 e. The van der Waals surface area contributed by atoms with Crippen LogP contribution in [0.5, 0.6) is 11.5 Å². The van der Waals surface area contributed by atoms with E-state index in [0.29, 0.717) is 27.1 Å². The maximum absolute atomic E-state index is 12.5. The van der Waals surface area contributed by atoms with E-state index in [-0.39, 0.29) is 5.91 Å². The molecule has 3 aromatic rings. The van der Waals surface area contributed by atoms with Crippen LogP contribution in [0.15, 0.2) is 47.6 Å². The fourth-order valence-corrected chi connectivity index (χ4v) is 3.91. The van der Waals surface area contributed by atoms with Gasteiger partial charge in [0, 0.05) is 21.7 Å². The predicted molar refractivity (Wildman–Crippen MR) is 106 cm³/mol. The average Bonchev–Trinajstić information content (AvgIpc) is 3.02. The molecule has 5 nitrogen and oxygen atoms in total. The molecular weight excluding hydrogens is 372 g/mol. The lowest BCUT2D eigenvalue weighted by Gasteiger charge is -2.10. The van der Waals surface area contributed by atoms with Gasteiger partial charge in [0.1, 0.15) is 16.4 Å². The molecule has 7 heteroatoms. The first kappa shape index (κ1) is 18.2. The number of nitrogens with zero attached hydrogens (tertiary/aromatic N) is 1. The number of carbonyl (C=O) groups is 1. The highest BCUT2D eigenvalue weighted by Crippen LogP contribution is 2.35. The van der Waals surface area contributed by atoms with Gasteiger partial charge in [-0.1, -0.05) is 29.8 Å². The van der Waals surface area contributed by atoms with Crippen LogP contribution in [0.4, 0.5) is 0 Å². The fraction of sp³-hybridized carbons (Fsp3) is 0.158. The Labute approximate surface area is 160 Å². The highest BCUT2D eigenvalue weighted by molar-refractivity contribution is 7.21. The number of amides is 1. The Morgan fingerprint density at radius 2 is 1.92 bits per heavy atom. The van der Waals surface area contributed by atoms with Crippen molar-refractivity contribution >= 4 is 44.6 Å². The summed E-state index contributed by atoms with van der Waals surface area (Å²) >= 11 is 7.67. The summed E-state index contributed by atoms with van der Waals surface area (Å²) in [6.07, 6.45) is 0. The zero-order valence-electron chi connectivity index (χ0n) is 14.5. The van der Waals surface area contributed by atoms with Crippen LogP contribution in [0, 0.1) is 0 Å². The Bertz CT molecular complexity index is 998. The molecule has 1 N–H and O–H groups in total. The molecule has 0 radical (unpaired) electrons. The number of fused-ring (bicyclic) bond motifs is 1. The first-order valence-electron chi connectivity index (χ1n) is 7.79. The maximum Gasteiger partial charge on any atom is 0.283 e.